The topological polar surface area (TPSA) is 118 Å². The number of benzene rings is 14. The first-order chi connectivity index (χ1) is 60.1. The molecule has 2 heterocycles. The summed E-state index contributed by atoms with van der Waals surface area (Å²) in [5.74, 6) is 10.3. The van der Waals surface area contributed by atoms with E-state index in [1.165, 1.54) is 120 Å². The van der Waals surface area contributed by atoms with Gasteiger partial charge in [0.15, 0.2) is 34.9 Å². The molecule has 8 bridgehead atoms. The second kappa shape index (κ2) is 33.2. The first kappa shape index (κ1) is 78.1. The van der Waals surface area contributed by atoms with Crippen molar-refractivity contribution in [2.24, 2.45) is 47.3 Å². The number of nitrogens with zero attached hydrogens (tertiary/aromatic N) is 6. The van der Waals surface area contributed by atoms with Gasteiger partial charge in [0.05, 0.1) is 0 Å². The van der Waals surface area contributed by atoms with Gasteiger partial charge in [0, 0.05) is 86.5 Å². The summed E-state index contributed by atoms with van der Waals surface area (Å²) in [6.07, 6.45) is 13.8. The van der Waals surface area contributed by atoms with Gasteiger partial charge in [0.1, 0.15) is 0 Å². The zero-order valence-electron chi connectivity index (χ0n) is 67.5. The molecule has 14 aromatic carbocycles. The number of hydrogen-bond acceptors (Lipinski definition) is 8. The Balaban J connectivity index is 0.000000122. The third-order valence-corrected chi connectivity index (χ3v) is 28.5. The Morgan fingerprint density at radius 3 is 0.877 bits per heavy atom. The second-order valence-corrected chi connectivity index (χ2v) is 35.2. The van der Waals surface area contributed by atoms with Gasteiger partial charge in [-0.1, -0.05) is 339 Å². The van der Waals surface area contributed by atoms with E-state index < -0.39 is 7.12 Å². The molecular weight excluding hydrogens is 1740 g/mol. The van der Waals surface area contributed by atoms with Crippen molar-refractivity contribution < 1.29 is 10.0 Å². The predicted molar refractivity (Wildman–Crippen MR) is 515 cm³/mol. The largest absolute Gasteiger partial charge is 0.488 e. The van der Waals surface area contributed by atoms with Crippen LogP contribution in [0.3, 0.4) is 0 Å². The minimum absolute atomic E-state index is 0.107. The van der Waals surface area contributed by atoms with Crippen LogP contribution in [-0.2, 0) is 10.8 Å². The molecule has 0 atom stereocenters. The summed E-state index contributed by atoms with van der Waals surface area (Å²) in [7, 11) is -1.39. The maximum atomic E-state index is 9.77. The zero-order valence-corrected chi connectivity index (χ0v) is 72.5. The molecule has 594 valence electrons. The minimum atomic E-state index is -1.39. The number of halogens is 3. The van der Waals surface area contributed by atoms with Crippen LogP contribution in [0, 0.1) is 47.3 Å². The van der Waals surface area contributed by atoms with E-state index in [0.29, 0.717) is 57.3 Å². The Kier molecular flexibility index (Phi) is 21.3. The van der Waals surface area contributed by atoms with Crippen LogP contribution in [0.15, 0.2) is 352 Å². The van der Waals surface area contributed by atoms with Crippen LogP contribution in [0.25, 0.3) is 146 Å². The summed E-state index contributed by atoms with van der Waals surface area (Å²) in [4.78, 5) is 30.4. The van der Waals surface area contributed by atoms with Gasteiger partial charge in [-0.05, 0) is 241 Å². The highest BCUT2D eigenvalue weighted by Gasteiger charge is 2.63. The van der Waals surface area contributed by atoms with E-state index >= 15 is 0 Å². The van der Waals surface area contributed by atoms with Crippen LogP contribution in [0.5, 0.6) is 0 Å². The van der Waals surface area contributed by atoms with Gasteiger partial charge in [-0.3, -0.25) is 0 Å². The number of rotatable bonds is 12. The first-order valence-corrected chi connectivity index (χ1v) is 49.8. The van der Waals surface area contributed by atoms with Crippen molar-refractivity contribution in [2.75, 3.05) is 0 Å². The molecule has 16 aromatic rings. The lowest BCUT2D eigenvalue weighted by Crippen LogP contribution is -2.55. The van der Waals surface area contributed by atoms with E-state index in [1.54, 1.807) is 11.1 Å². The van der Waals surface area contributed by atoms with Crippen LogP contribution in [-0.4, -0.2) is 47.1 Å². The van der Waals surface area contributed by atoms with E-state index in [9.17, 15) is 10.0 Å². The molecule has 2 spiro atoms. The van der Waals surface area contributed by atoms with Crippen LogP contribution in [0.4, 0.5) is 0 Å². The van der Waals surface area contributed by atoms with Crippen molar-refractivity contribution in [3.63, 3.8) is 0 Å². The Bertz CT molecular complexity index is 6410. The summed E-state index contributed by atoms with van der Waals surface area (Å²) >= 11 is 10.8. The average molecular weight is 1830 g/mol. The van der Waals surface area contributed by atoms with E-state index in [4.69, 9.17) is 41.5 Å². The standard InChI is InChI=1S/C55H43N3.C33H22ClN3.C22H23BO2.I2/c1-4-14-37(15-5-1)44-20-10-11-21-45(44)46-26-24-40(33-49(46)54-57-52(38-16-6-2-7-17-38)56-53(58-54)39-18-8-3-9-19-39)41-25-27-48-47-22-12-13-23-50(47)55(51(48)34-41)42-29-35-28-36(31-42)32-43(55)30-35;34-26-20-21-29(28-19-11-10-18-27(28)23-12-4-1-5-13-23)30(22-26)33-36-31(24-14-6-2-7-15-24)35-32(37-33)25-16-8-3-9-17-25;24-23(25)17-5-6-19-18-3-1-2-4-20(18)22(21(19)12-17)15-8-13-7-14(10-15)11-16(22)9-13;1-2/h1-27,33-36,42-43H,28-32H2;1-22H;1-6,12-16,24-25H,7-11H2;. The average Bonchev–Trinajstić information content (AvgIpc) is 1.50. The number of fused-ring (bicyclic) bond motifs is 6. The van der Waals surface area contributed by atoms with Crippen LogP contribution in [0.1, 0.15) is 86.5 Å². The summed E-state index contributed by atoms with van der Waals surface area (Å²) in [5, 5.41) is 20.2. The monoisotopic (exact) mass is 1820 g/mol. The third-order valence-electron chi connectivity index (χ3n) is 28.2. The van der Waals surface area contributed by atoms with E-state index in [0.717, 1.165) is 102 Å². The fraction of sp³-hybridized carbons (Fsp3) is 0.182. The lowest BCUT2D eigenvalue weighted by Gasteiger charge is -2.61. The predicted octanol–water partition coefficient (Wildman–Crippen LogP) is 27.3. The quantitative estimate of drug-likeness (QED) is 0.0917. The van der Waals surface area contributed by atoms with E-state index in [2.05, 4.69) is 262 Å². The Labute approximate surface area is 742 Å². The van der Waals surface area contributed by atoms with Crippen molar-refractivity contribution in [1.29, 1.82) is 0 Å². The molecule has 26 rings (SSSR count). The molecule has 0 aliphatic heterocycles. The van der Waals surface area contributed by atoms with Gasteiger partial charge in [0.2, 0.25) is 0 Å². The highest BCUT2D eigenvalue weighted by atomic mass is 128. The van der Waals surface area contributed by atoms with E-state index in [-0.39, 0.29) is 10.8 Å². The number of aromatic nitrogens is 6. The van der Waals surface area contributed by atoms with Crippen LogP contribution >= 0.6 is 48.8 Å². The fourth-order valence-electron chi connectivity index (χ4n) is 23.8. The molecular formula is C110H88BClI2N6O2. The van der Waals surface area contributed by atoms with Crippen molar-refractivity contribution in [1.82, 2.24) is 29.9 Å². The summed E-state index contributed by atoms with van der Waals surface area (Å²) in [5.41, 5.74) is 29.6. The Morgan fingerprint density at radius 1 is 0.230 bits per heavy atom. The van der Waals surface area contributed by atoms with Crippen LogP contribution in [0.2, 0.25) is 5.02 Å². The molecule has 12 heteroatoms. The lowest BCUT2D eigenvalue weighted by atomic mass is 9.43. The fourth-order valence-corrected chi connectivity index (χ4v) is 23.9. The molecule has 8 fully saturated rings. The highest BCUT2D eigenvalue weighted by Crippen LogP contribution is 2.71. The van der Waals surface area contributed by atoms with Crippen molar-refractivity contribution in [2.45, 2.75) is 75.0 Å². The molecule has 122 heavy (non-hydrogen) atoms. The smallest absolute Gasteiger partial charge is 0.423 e. The Hall–Kier alpha value is -11.2. The van der Waals surface area contributed by atoms with Gasteiger partial charge in [-0.15, -0.1) is 0 Å². The molecule has 2 aromatic heterocycles. The van der Waals surface area contributed by atoms with Gasteiger partial charge in [0.25, 0.3) is 0 Å². The van der Waals surface area contributed by atoms with Gasteiger partial charge < -0.3 is 10.0 Å². The maximum absolute atomic E-state index is 9.77. The second-order valence-electron chi connectivity index (χ2n) is 34.7. The molecule has 8 nitrogen and oxygen atoms in total. The summed E-state index contributed by atoms with van der Waals surface area (Å²) in [6, 6.07) is 124. The lowest BCUT2D eigenvalue weighted by molar-refractivity contribution is -0.0399. The maximum Gasteiger partial charge on any atom is 0.488 e. The zero-order chi connectivity index (χ0) is 82.0. The minimum Gasteiger partial charge on any atom is -0.423 e. The normalized spacial score (nSPS) is 21.4. The molecule has 10 aliphatic rings. The van der Waals surface area contributed by atoms with Crippen LogP contribution < -0.4 is 5.46 Å². The van der Waals surface area contributed by atoms with Crippen molar-refractivity contribution in [3.8, 4) is 146 Å². The third kappa shape index (κ3) is 14.0. The van der Waals surface area contributed by atoms with Gasteiger partial charge >= 0.3 is 7.12 Å². The molecule has 0 radical (unpaired) electrons. The molecule has 8 saturated carbocycles. The van der Waals surface area contributed by atoms with Crippen molar-refractivity contribution >= 4 is 61.4 Å². The van der Waals surface area contributed by atoms with E-state index in [1.807, 2.05) is 127 Å². The first-order valence-electron chi connectivity index (χ1n) is 43.1. The molecule has 0 saturated heterocycles. The summed E-state index contributed by atoms with van der Waals surface area (Å²) in [6.45, 7) is 0. The molecule has 10 aliphatic carbocycles. The van der Waals surface area contributed by atoms with Crippen molar-refractivity contribution in [3.05, 3.63) is 379 Å². The molecule has 2 N–H and O–H groups in total. The highest BCUT2D eigenvalue weighted by molar-refractivity contribution is 15.0. The van der Waals surface area contributed by atoms with Gasteiger partial charge in [-0.25, -0.2) is 29.9 Å². The SMILES string of the molecule is Clc1ccc(-c2ccccc2-c2ccccc2)c(-c2nc(-c3ccccc3)nc(-c3ccccc3)n2)c1.II.OB(O)c1ccc2c(c1)C1(c3ccccc3-2)C2CC3CC(C2)CC1C3.c1ccc(-c2nc(-c3ccccc3)nc(-c3cc(-c4ccc5c(c4)C4(c6ccccc6-5)C5CC6CC(C5)CC4C6)ccc3-c3ccccc3-c3ccccc3)n2)cc1. The Morgan fingerprint density at radius 2 is 0.500 bits per heavy atom. The van der Waals surface area contributed by atoms with Gasteiger partial charge in [-0.2, -0.15) is 0 Å². The molecule has 0 unspecified atom stereocenters. The number of hydrogen-bond donors (Lipinski definition) is 2. The molecule has 0 amide bonds. The summed E-state index contributed by atoms with van der Waals surface area (Å²) < 4.78 is 0.